The molecular formula is C22H25ClF2N4OS. The van der Waals surface area contributed by atoms with Crippen molar-refractivity contribution in [1.29, 1.82) is 0 Å². The third kappa shape index (κ3) is 3.77. The maximum absolute atomic E-state index is 14.3. The van der Waals surface area contributed by atoms with E-state index in [9.17, 15) is 8.78 Å². The summed E-state index contributed by atoms with van der Waals surface area (Å²) >= 11 is 7.35. The lowest BCUT2D eigenvalue weighted by Crippen LogP contribution is -2.50. The Labute approximate surface area is 189 Å². The summed E-state index contributed by atoms with van der Waals surface area (Å²) in [6.07, 6.45) is 3.18. The maximum atomic E-state index is 14.3. The molecule has 5 rings (SSSR count). The van der Waals surface area contributed by atoms with Crippen LogP contribution in [0, 0.1) is 12.8 Å². The summed E-state index contributed by atoms with van der Waals surface area (Å²) in [7, 11) is 0. The standard InChI is InChI=1S/C22H25ClF2N4OS/c1-14-4-3-7-26-20(14)29-12-16(15(2)27-29)11-28-8-5-21(6-9-28)19-17(10-18(23)31-19)22(24,25)13-30-21/h3-4,7,10,16H,5-6,8-9,11-13H2,1-2H3. The predicted octanol–water partition coefficient (Wildman–Crippen LogP) is 5.03. The number of nitrogens with zero attached hydrogens (tertiary/aromatic N) is 4. The van der Waals surface area contributed by atoms with Crippen LogP contribution in [-0.2, 0) is 16.3 Å². The Hall–Kier alpha value is -1.61. The number of hydrazone groups is 1. The van der Waals surface area contributed by atoms with E-state index in [0.29, 0.717) is 28.0 Å². The van der Waals surface area contributed by atoms with Crippen LogP contribution in [0.5, 0.6) is 0 Å². The lowest BCUT2D eigenvalue weighted by Gasteiger charge is -2.45. The summed E-state index contributed by atoms with van der Waals surface area (Å²) in [6.45, 7) is 6.84. The van der Waals surface area contributed by atoms with Gasteiger partial charge in [0.25, 0.3) is 5.92 Å². The summed E-state index contributed by atoms with van der Waals surface area (Å²) in [5.41, 5.74) is 1.63. The largest absolute Gasteiger partial charge is 0.363 e. The average Bonchev–Trinajstić information content (AvgIpc) is 3.31. The van der Waals surface area contributed by atoms with E-state index in [4.69, 9.17) is 21.4 Å². The third-order valence-corrected chi connectivity index (χ3v) is 8.12. The minimum atomic E-state index is -2.97. The third-order valence-electron chi connectivity index (χ3n) is 6.67. The molecule has 0 saturated carbocycles. The second-order valence-corrected chi connectivity index (χ2v) is 10.4. The van der Waals surface area contributed by atoms with E-state index in [1.807, 2.05) is 24.1 Å². The van der Waals surface area contributed by atoms with Gasteiger partial charge < -0.3 is 9.64 Å². The lowest BCUT2D eigenvalue weighted by molar-refractivity contribution is -0.181. The van der Waals surface area contributed by atoms with Gasteiger partial charge in [0.2, 0.25) is 0 Å². The van der Waals surface area contributed by atoms with Crippen LogP contribution in [0.25, 0.3) is 0 Å². The number of likely N-dealkylation sites (tertiary alicyclic amines) is 1. The van der Waals surface area contributed by atoms with E-state index >= 15 is 0 Å². The highest BCUT2D eigenvalue weighted by atomic mass is 35.5. The highest BCUT2D eigenvalue weighted by Gasteiger charge is 2.51. The van der Waals surface area contributed by atoms with Crippen LogP contribution < -0.4 is 5.01 Å². The van der Waals surface area contributed by atoms with Crippen LogP contribution in [0.15, 0.2) is 29.5 Å². The maximum Gasteiger partial charge on any atom is 0.297 e. The van der Waals surface area contributed by atoms with Crippen molar-refractivity contribution in [2.45, 2.75) is 38.2 Å². The van der Waals surface area contributed by atoms with Crippen molar-refractivity contribution in [1.82, 2.24) is 9.88 Å². The van der Waals surface area contributed by atoms with Gasteiger partial charge in [0.05, 0.1) is 10.9 Å². The molecule has 0 amide bonds. The number of aromatic nitrogens is 1. The monoisotopic (exact) mass is 466 g/mol. The molecule has 0 aromatic carbocycles. The van der Waals surface area contributed by atoms with E-state index in [-0.39, 0.29) is 5.56 Å². The van der Waals surface area contributed by atoms with Crippen LogP contribution in [0.4, 0.5) is 14.6 Å². The van der Waals surface area contributed by atoms with E-state index in [2.05, 4.69) is 16.8 Å². The first-order valence-corrected chi connectivity index (χ1v) is 11.8. The normalized spacial score (nSPS) is 25.0. The smallest absolute Gasteiger partial charge is 0.297 e. The molecule has 0 aliphatic carbocycles. The second-order valence-electron chi connectivity index (χ2n) is 8.75. The van der Waals surface area contributed by atoms with Crippen LogP contribution >= 0.6 is 22.9 Å². The molecule has 1 saturated heterocycles. The summed E-state index contributed by atoms with van der Waals surface area (Å²) in [6, 6.07) is 5.40. The molecule has 5 nitrogen and oxygen atoms in total. The molecule has 2 aromatic rings. The molecule has 1 atom stereocenters. The number of pyridine rings is 1. The van der Waals surface area contributed by atoms with Crippen molar-refractivity contribution in [3.05, 3.63) is 44.7 Å². The van der Waals surface area contributed by atoms with Crippen LogP contribution in [0.3, 0.4) is 0 Å². The molecule has 31 heavy (non-hydrogen) atoms. The van der Waals surface area contributed by atoms with Gasteiger partial charge >= 0.3 is 0 Å². The zero-order valence-corrected chi connectivity index (χ0v) is 19.1. The van der Waals surface area contributed by atoms with E-state index in [1.165, 1.54) is 17.4 Å². The van der Waals surface area contributed by atoms with Crippen molar-refractivity contribution in [3.8, 4) is 0 Å². The van der Waals surface area contributed by atoms with Gasteiger partial charge in [0.1, 0.15) is 12.2 Å². The number of ether oxygens (including phenoxy) is 1. The molecule has 166 valence electrons. The Balaban J connectivity index is 1.25. The number of rotatable bonds is 3. The summed E-state index contributed by atoms with van der Waals surface area (Å²) in [4.78, 5) is 7.50. The minimum absolute atomic E-state index is 0.0577. The highest BCUT2D eigenvalue weighted by molar-refractivity contribution is 7.16. The Morgan fingerprint density at radius 1 is 1.29 bits per heavy atom. The summed E-state index contributed by atoms with van der Waals surface area (Å²) in [5, 5.41) is 6.73. The van der Waals surface area contributed by atoms with Crippen molar-refractivity contribution < 1.29 is 13.5 Å². The quantitative estimate of drug-likeness (QED) is 0.636. The van der Waals surface area contributed by atoms with E-state index in [0.717, 1.165) is 43.3 Å². The van der Waals surface area contributed by atoms with Gasteiger partial charge in [-0.2, -0.15) is 13.9 Å². The van der Waals surface area contributed by atoms with Crippen molar-refractivity contribution in [2.75, 3.05) is 37.8 Å². The van der Waals surface area contributed by atoms with Crippen molar-refractivity contribution in [3.63, 3.8) is 0 Å². The molecule has 0 N–H and O–H groups in total. The molecule has 1 spiro atoms. The zero-order valence-electron chi connectivity index (χ0n) is 17.6. The predicted molar refractivity (Wildman–Crippen MR) is 119 cm³/mol. The van der Waals surface area contributed by atoms with Gasteiger partial charge in [-0.05, 0) is 44.4 Å². The Bertz CT molecular complexity index is 1020. The average molecular weight is 467 g/mol. The molecule has 1 fully saturated rings. The topological polar surface area (TPSA) is 41.0 Å². The van der Waals surface area contributed by atoms with E-state index < -0.39 is 18.1 Å². The Morgan fingerprint density at radius 2 is 2.06 bits per heavy atom. The van der Waals surface area contributed by atoms with Crippen LogP contribution in [0.2, 0.25) is 4.34 Å². The number of alkyl halides is 2. The molecule has 3 aliphatic heterocycles. The second kappa shape index (κ2) is 7.76. The summed E-state index contributed by atoms with van der Waals surface area (Å²) < 4.78 is 34.9. The van der Waals surface area contributed by atoms with Crippen LogP contribution in [0.1, 0.15) is 35.8 Å². The number of thiophene rings is 1. The number of halogens is 3. The number of hydrogen-bond acceptors (Lipinski definition) is 6. The highest BCUT2D eigenvalue weighted by Crippen LogP contribution is 2.52. The zero-order chi connectivity index (χ0) is 21.8. The molecule has 0 bridgehead atoms. The molecule has 5 heterocycles. The van der Waals surface area contributed by atoms with Gasteiger partial charge in [-0.15, -0.1) is 11.3 Å². The molecular weight excluding hydrogens is 442 g/mol. The number of aryl methyl sites for hydroxylation is 1. The molecule has 2 aromatic heterocycles. The van der Waals surface area contributed by atoms with Crippen molar-refractivity contribution in [2.24, 2.45) is 11.0 Å². The molecule has 9 heteroatoms. The van der Waals surface area contributed by atoms with Gasteiger partial charge in [0, 0.05) is 47.9 Å². The number of piperidine rings is 1. The lowest BCUT2D eigenvalue weighted by atomic mass is 9.84. The van der Waals surface area contributed by atoms with Crippen molar-refractivity contribution >= 4 is 34.5 Å². The first kappa shape index (κ1) is 21.2. The first-order chi connectivity index (χ1) is 14.8. The molecule has 0 radical (unpaired) electrons. The summed E-state index contributed by atoms with van der Waals surface area (Å²) in [5.74, 6) is -1.74. The van der Waals surface area contributed by atoms with Gasteiger partial charge in [0.15, 0.2) is 5.82 Å². The van der Waals surface area contributed by atoms with Gasteiger partial charge in [-0.3, -0.25) is 0 Å². The SMILES string of the molecule is CC1=NN(c2ncccc2C)CC1CN1CCC2(CC1)OCC(F)(F)c1cc(Cl)sc12. The van der Waals surface area contributed by atoms with Gasteiger partial charge in [-0.1, -0.05) is 17.7 Å². The van der Waals surface area contributed by atoms with Gasteiger partial charge in [-0.25, -0.2) is 9.99 Å². The Kier molecular flexibility index (Phi) is 5.32. The minimum Gasteiger partial charge on any atom is -0.363 e. The fourth-order valence-corrected chi connectivity index (χ4v) is 6.33. The fraction of sp³-hybridized carbons (Fsp3) is 0.545. The fourth-order valence-electron chi connectivity index (χ4n) is 4.85. The van der Waals surface area contributed by atoms with Crippen LogP contribution in [-0.4, -0.2) is 48.4 Å². The van der Waals surface area contributed by atoms with E-state index in [1.54, 1.807) is 6.20 Å². The first-order valence-electron chi connectivity index (χ1n) is 10.6. The molecule has 1 unspecified atom stereocenters. The number of fused-ring (bicyclic) bond motifs is 2. The number of hydrogen-bond donors (Lipinski definition) is 0. The Morgan fingerprint density at radius 3 is 2.81 bits per heavy atom. The number of anilines is 1. The molecule has 3 aliphatic rings.